The smallest absolute Gasteiger partial charge is 0.127 e. The normalized spacial score (nSPS) is 18.8. The van der Waals surface area contributed by atoms with Crippen LogP contribution in [-0.4, -0.2) is 37.2 Å². The Kier molecular flexibility index (Phi) is 4.53. The maximum atomic E-state index is 6.01. The fraction of sp³-hybridized carbons (Fsp3) is 0.333. The first-order valence-corrected chi connectivity index (χ1v) is 7.58. The van der Waals surface area contributed by atoms with Crippen LogP contribution in [0.3, 0.4) is 0 Å². The Balaban J connectivity index is 1.63. The van der Waals surface area contributed by atoms with Crippen LogP contribution in [0.15, 0.2) is 54.6 Å². The van der Waals surface area contributed by atoms with Gasteiger partial charge in [-0.15, -0.1) is 0 Å². The number of nitrogens with zero attached hydrogens (tertiary/aromatic N) is 1. The van der Waals surface area contributed by atoms with Gasteiger partial charge in [0, 0.05) is 24.7 Å². The van der Waals surface area contributed by atoms with E-state index in [1.165, 1.54) is 5.56 Å². The molecule has 1 aliphatic rings. The van der Waals surface area contributed by atoms with Gasteiger partial charge in [-0.25, -0.2) is 0 Å². The van der Waals surface area contributed by atoms with Crippen LogP contribution in [0.1, 0.15) is 6.42 Å². The highest BCUT2D eigenvalue weighted by molar-refractivity contribution is 5.70. The summed E-state index contributed by atoms with van der Waals surface area (Å²) in [6.45, 7) is 3.72. The summed E-state index contributed by atoms with van der Waals surface area (Å²) in [4.78, 5) is 2.37. The van der Waals surface area contributed by atoms with Crippen LogP contribution < -0.4 is 10.5 Å². The number of para-hydroxylation sites is 1. The van der Waals surface area contributed by atoms with E-state index in [-0.39, 0.29) is 0 Å². The van der Waals surface area contributed by atoms with Gasteiger partial charge in [0.1, 0.15) is 12.4 Å². The van der Waals surface area contributed by atoms with E-state index in [0.717, 1.165) is 37.4 Å². The third-order valence-corrected chi connectivity index (χ3v) is 3.95. The van der Waals surface area contributed by atoms with Gasteiger partial charge in [-0.1, -0.05) is 48.5 Å². The second-order valence-corrected chi connectivity index (χ2v) is 5.56. The summed E-state index contributed by atoms with van der Waals surface area (Å²) in [7, 11) is 0. The first-order valence-electron chi connectivity index (χ1n) is 7.58. The van der Waals surface area contributed by atoms with Crippen molar-refractivity contribution in [3.8, 4) is 16.9 Å². The molecular weight excluding hydrogens is 260 g/mol. The zero-order valence-electron chi connectivity index (χ0n) is 12.2. The van der Waals surface area contributed by atoms with E-state index in [0.29, 0.717) is 12.6 Å². The lowest BCUT2D eigenvalue weighted by atomic mass is 10.1. The van der Waals surface area contributed by atoms with Gasteiger partial charge in [0.05, 0.1) is 0 Å². The molecular formula is C18H22N2O. The van der Waals surface area contributed by atoms with Crippen molar-refractivity contribution in [2.75, 3.05) is 26.2 Å². The third-order valence-electron chi connectivity index (χ3n) is 3.95. The number of rotatable bonds is 5. The van der Waals surface area contributed by atoms with Crippen LogP contribution in [0, 0.1) is 0 Å². The highest BCUT2D eigenvalue weighted by Gasteiger charge is 2.18. The average molecular weight is 282 g/mol. The van der Waals surface area contributed by atoms with Crippen LogP contribution in [0.5, 0.6) is 5.75 Å². The zero-order valence-corrected chi connectivity index (χ0v) is 12.2. The summed E-state index contributed by atoms with van der Waals surface area (Å²) in [6, 6.07) is 18.9. The van der Waals surface area contributed by atoms with E-state index in [2.05, 4.69) is 41.3 Å². The van der Waals surface area contributed by atoms with E-state index in [1.807, 2.05) is 18.2 Å². The second-order valence-electron chi connectivity index (χ2n) is 5.56. The lowest BCUT2D eigenvalue weighted by Crippen LogP contribution is -2.29. The average Bonchev–Trinajstić information content (AvgIpc) is 2.94. The number of likely N-dealkylation sites (tertiary alicyclic amines) is 1. The molecule has 110 valence electrons. The van der Waals surface area contributed by atoms with Crippen LogP contribution in [-0.2, 0) is 0 Å². The van der Waals surface area contributed by atoms with Gasteiger partial charge in [0.15, 0.2) is 0 Å². The first kappa shape index (κ1) is 14.1. The van der Waals surface area contributed by atoms with Gasteiger partial charge in [-0.3, -0.25) is 4.90 Å². The molecule has 2 aromatic rings. The molecule has 0 unspecified atom stereocenters. The lowest BCUT2D eigenvalue weighted by Gasteiger charge is -2.17. The predicted octanol–water partition coefficient (Wildman–Crippen LogP) is 2.77. The van der Waals surface area contributed by atoms with Crippen molar-refractivity contribution in [3.05, 3.63) is 54.6 Å². The maximum absolute atomic E-state index is 6.01. The topological polar surface area (TPSA) is 38.5 Å². The highest BCUT2D eigenvalue weighted by Crippen LogP contribution is 2.29. The Morgan fingerprint density at radius 3 is 2.57 bits per heavy atom. The van der Waals surface area contributed by atoms with Gasteiger partial charge in [0.25, 0.3) is 0 Å². The second kappa shape index (κ2) is 6.74. The molecule has 0 spiro atoms. The molecule has 3 heteroatoms. The van der Waals surface area contributed by atoms with Crippen LogP contribution in [0.4, 0.5) is 0 Å². The van der Waals surface area contributed by atoms with Crippen LogP contribution in [0.2, 0.25) is 0 Å². The first-order chi connectivity index (χ1) is 10.3. The summed E-state index contributed by atoms with van der Waals surface area (Å²) in [6.07, 6.45) is 1.10. The molecule has 1 fully saturated rings. The molecule has 3 rings (SSSR count). The third kappa shape index (κ3) is 3.63. The number of ether oxygens (including phenoxy) is 1. The highest BCUT2D eigenvalue weighted by atomic mass is 16.5. The Labute approximate surface area is 126 Å². The SMILES string of the molecule is N[C@H]1CCN(CCOc2ccccc2-c2ccccc2)C1. The van der Waals surface area contributed by atoms with E-state index in [1.54, 1.807) is 0 Å². The molecule has 1 saturated heterocycles. The van der Waals surface area contributed by atoms with Crippen molar-refractivity contribution in [3.63, 3.8) is 0 Å². The quantitative estimate of drug-likeness (QED) is 0.916. The molecule has 1 aliphatic heterocycles. The minimum absolute atomic E-state index is 0.335. The predicted molar refractivity (Wildman–Crippen MR) is 86.4 cm³/mol. The van der Waals surface area contributed by atoms with Crippen molar-refractivity contribution < 1.29 is 4.74 Å². The maximum Gasteiger partial charge on any atom is 0.127 e. The molecule has 2 N–H and O–H groups in total. The lowest BCUT2D eigenvalue weighted by molar-refractivity contribution is 0.237. The standard InChI is InChI=1S/C18H22N2O/c19-16-10-11-20(14-16)12-13-21-18-9-5-4-8-17(18)15-6-2-1-3-7-15/h1-9,16H,10-14,19H2/t16-/m0/s1. The monoisotopic (exact) mass is 282 g/mol. The molecule has 0 amide bonds. The van der Waals surface area contributed by atoms with Gasteiger partial charge in [-0.2, -0.15) is 0 Å². The van der Waals surface area contributed by atoms with Gasteiger partial charge >= 0.3 is 0 Å². The minimum Gasteiger partial charge on any atom is -0.492 e. The summed E-state index contributed by atoms with van der Waals surface area (Å²) in [5, 5.41) is 0. The molecule has 1 atom stereocenters. The van der Waals surface area contributed by atoms with Gasteiger partial charge in [-0.05, 0) is 24.6 Å². The van der Waals surface area contributed by atoms with Crippen LogP contribution >= 0.6 is 0 Å². The summed E-state index contributed by atoms with van der Waals surface area (Å²) >= 11 is 0. The summed E-state index contributed by atoms with van der Waals surface area (Å²) in [5.41, 5.74) is 8.27. The zero-order chi connectivity index (χ0) is 14.5. The number of benzene rings is 2. The van der Waals surface area contributed by atoms with Gasteiger partial charge < -0.3 is 10.5 Å². The number of hydrogen-bond donors (Lipinski definition) is 1. The number of nitrogens with two attached hydrogens (primary N) is 1. The molecule has 1 heterocycles. The Bertz CT molecular complexity index is 570. The Morgan fingerprint density at radius 2 is 1.81 bits per heavy atom. The fourth-order valence-corrected chi connectivity index (χ4v) is 2.80. The van der Waals surface area contributed by atoms with Crippen molar-refractivity contribution in [2.45, 2.75) is 12.5 Å². The molecule has 0 radical (unpaired) electrons. The number of hydrogen-bond acceptors (Lipinski definition) is 3. The van der Waals surface area contributed by atoms with E-state index >= 15 is 0 Å². The largest absolute Gasteiger partial charge is 0.492 e. The van der Waals surface area contributed by atoms with E-state index in [9.17, 15) is 0 Å². The fourth-order valence-electron chi connectivity index (χ4n) is 2.80. The molecule has 21 heavy (non-hydrogen) atoms. The van der Waals surface area contributed by atoms with E-state index < -0.39 is 0 Å². The van der Waals surface area contributed by atoms with Crippen LogP contribution in [0.25, 0.3) is 11.1 Å². The summed E-state index contributed by atoms with van der Waals surface area (Å²) < 4.78 is 6.01. The Morgan fingerprint density at radius 1 is 1.05 bits per heavy atom. The van der Waals surface area contributed by atoms with E-state index in [4.69, 9.17) is 10.5 Å². The minimum atomic E-state index is 0.335. The van der Waals surface area contributed by atoms with Gasteiger partial charge in [0.2, 0.25) is 0 Å². The Hall–Kier alpha value is -1.84. The molecule has 2 aromatic carbocycles. The molecule has 0 aromatic heterocycles. The molecule has 0 bridgehead atoms. The molecule has 0 saturated carbocycles. The summed E-state index contributed by atoms with van der Waals surface area (Å²) in [5.74, 6) is 0.951. The van der Waals surface area contributed by atoms with Crippen molar-refractivity contribution in [1.82, 2.24) is 4.90 Å². The van der Waals surface area contributed by atoms with Crippen molar-refractivity contribution >= 4 is 0 Å². The molecule has 3 nitrogen and oxygen atoms in total. The van der Waals surface area contributed by atoms with Crippen molar-refractivity contribution in [1.29, 1.82) is 0 Å². The molecule has 0 aliphatic carbocycles. The van der Waals surface area contributed by atoms with Crippen molar-refractivity contribution in [2.24, 2.45) is 5.73 Å².